The van der Waals surface area contributed by atoms with Crippen molar-refractivity contribution in [3.63, 3.8) is 0 Å². The van der Waals surface area contributed by atoms with Crippen LogP contribution in [0.1, 0.15) is 5.56 Å². The minimum absolute atomic E-state index is 0.0651. The van der Waals surface area contributed by atoms with Crippen molar-refractivity contribution in [2.75, 3.05) is 16.4 Å². The molecule has 8 heteroatoms. The predicted molar refractivity (Wildman–Crippen MR) is 97.5 cm³/mol. The number of fused-ring (bicyclic) bond motifs is 1. The van der Waals surface area contributed by atoms with Gasteiger partial charge in [-0.15, -0.1) is 0 Å². The van der Waals surface area contributed by atoms with Gasteiger partial charge in [0, 0.05) is 16.3 Å². The van der Waals surface area contributed by atoms with E-state index in [9.17, 15) is 17.6 Å². The van der Waals surface area contributed by atoms with Crippen LogP contribution in [-0.2, 0) is 16.4 Å². The van der Waals surface area contributed by atoms with E-state index in [2.05, 4.69) is 0 Å². The number of hydrogen-bond donors (Lipinski definition) is 0. The molecule has 2 heterocycles. The summed E-state index contributed by atoms with van der Waals surface area (Å²) in [5.74, 6) is -0.737. The molecule has 0 unspecified atom stereocenters. The highest BCUT2D eigenvalue weighted by Gasteiger charge is 2.53. The number of sulfone groups is 1. The van der Waals surface area contributed by atoms with Crippen LogP contribution in [0.3, 0.4) is 0 Å². The molecular formula is C18H16ClFN2O3S. The number of anilines is 1. The Morgan fingerprint density at radius 2 is 1.73 bits per heavy atom. The molecule has 2 saturated heterocycles. The van der Waals surface area contributed by atoms with Gasteiger partial charge in [0.25, 0.3) is 0 Å². The quantitative estimate of drug-likeness (QED) is 0.752. The van der Waals surface area contributed by atoms with Gasteiger partial charge in [-0.1, -0.05) is 35.9 Å². The Kier molecular flexibility index (Phi) is 4.16. The molecule has 2 aromatic rings. The van der Waals surface area contributed by atoms with Gasteiger partial charge in [0.2, 0.25) is 0 Å². The topological polar surface area (TPSA) is 57.7 Å². The van der Waals surface area contributed by atoms with Gasteiger partial charge in [0.1, 0.15) is 5.82 Å². The zero-order valence-corrected chi connectivity index (χ0v) is 15.3. The molecule has 0 aliphatic carbocycles. The Hall–Kier alpha value is -2.12. The fourth-order valence-electron chi connectivity index (χ4n) is 3.71. The van der Waals surface area contributed by atoms with Gasteiger partial charge < -0.3 is 4.90 Å². The van der Waals surface area contributed by atoms with Gasteiger partial charge in [-0.3, -0.25) is 4.90 Å². The van der Waals surface area contributed by atoms with Crippen molar-refractivity contribution in [2.24, 2.45) is 0 Å². The molecule has 2 aromatic carbocycles. The maximum atomic E-state index is 14.2. The molecule has 5 nitrogen and oxygen atoms in total. The number of carbonyl (C=O) groups excluding carboxylic acids is 1. The second-order valence-corrected chi connectivity index (χ2v) is 9.09. The zero-order chi connectivity index (χ0) is 18.5. The number of rotatable bonds is 3. The lowest BCUT2D eigenvalue weighted by Gasteiger charge is -2.23. The first kappa shape index (κ1) is 17.3. The lowest BCUT2D eigenvalue weighted by Crippen LogP contribution is -2.37. The third-order valence-electron chi connectivity index (χ3n) is 4.90. The van der Waals surface area contributed by atoms with Crippen molar-refractivity contribution in [1.82, 2.24) is 4.90 Å². The van der Waals surface area contributed by atoms with Crippen LogP contribution >= 0.6 is 11.6 Å². The molecule has 4 rings (SSSR count). The number of halogens is 2. The highest BCUT2D eigenvalue weighted by atomic mass is 35.5. The van der Waals surface area contributed by atoms with Gasteiger partial charge in [-0.25, -0.2) is 17.6 Å². The summed E-state index contributed by atoms with van der Waals surface area (Å²) in [6, 6.07) is 11.9. The summed E-state index contributed by atoms with van der Waals surface area (Å²) in [7, 11) is -3.28. The summed E-state index contributed by atoms with van der Waals surface area (Å²) < 4.78 is 38.6. The van der Waals surface area contributed by atoms with E-state index < -0.39 is 27.7 Å². The summed E-state index contributed by atoms with van der Waals surface area (Å²) in [4.78, 5) is 16.0. The molecule has 0 saturated carbocycles. The first-order valence-corrected chi connectivity index (χ1v) is 10.4. The Bertz CT molecular complexity index is 947. The van der Waals surface area contributed by atoms with E-state index in [-0.39, 0.29) is 34.7 Å². The third-order valence-corrected chi connectivity index (χ3v) is 6.95. The monoisotopic (exact) mass is 394 g/mol. The second-order valence-electron chi connectivity index (χ2n) is 6.53. The molecule has 136 valence electrons. The summed E-state index contributed by atoms with van der Waals surface area (Å²) >= 11 is 6.10. The SMILES string of the molecule is O=C1N(Cc2c(F)cccc2Cl)[C@H]2CS(=O)(=O)C[C@@H]2N1c1ccccc1. The third kappa shape index (κ3) is 2.85. The normalized spacial score (nSPS) is 24.2. The molecule has 26 heavy (non-hydrogen) atoms. The van der Waals surface area contributed by atoms with Gasteiger partial charge in [-0.05, 0) is 24.3 Å². The largest absolute Gasteiger partial charge is 0.325 e. The molecule has 0 radical (unpaired) electrons. The van der Waals surface area contributed by atoms with Crippen molar-refractivity contribution >= 4 is 33.2 Å². The summed E-state index contributed by atoms with van der Waals surface area (Å²) in [6.07, 6.45) is 0. The number of benzene rings is 2. The number of hydrogen-bond acceptors (Lipinski definition) is 3. The van der Waals surface area contributed by atoms with Crippen molar-refractivity contribution in [1.29, 1.82) is 0 Å². The van der Waals surface area contributed by atoms with Gasteiger partial charge in [0.05, 0.1) is 30.1 Å². The standard InChI is InChI=1S/C18H16ClFN2O3S/c19-14-7-4-8-15(20)13(14)9-21-16-10-26(24,25)11-17(16)22(18(21)23)12-5-2-1-3-6-12/h1-8,16-17H,9-11H2/t16-,17-/m0/s1. The molecule has 2 amide bonds. The van der Waals surface area contributed by atoms with Crippen molar-refractivity contribution in [2.45, 2.75) is 18.6 Å². The first-order valence-electron chi connectivity index (χ1n) is 8.15. The lowest BCUT2D eigenvalue weighted by molar-refractivity contribution is 0.205. The number of amides is 2. The smallest absolute Gasteiger partial charge is 0.314 e. The highest BCUT2D eigenvalue weighted by Crippen LogP contribution is 2.36. The molecule has 2 aliphatic heterocycles. The number of para-hydroxylation sites is 1. The highest BCUT2D eigenvalue weighted by molar-refractivity contribution is 7.91. The van der Waals surface area contributed by atoms with Crippen LogP contribution in [0.2, 0.25) is 5.02 Å². The Balaban J connectivity index is 1.74. The average Bonchev–Trinajstić information content (AvgIpc) is 3.02. The number of carbonyl (C=O) groups is 1. The van der Waals surface area contributed by atoms with Gasteiger partial charge in [-0.2, -0.15) is 0 Å². The summed E-state index contributed by atoms with van der Waals surface area (Å²) in [5.41, 5.74) is 0.826. The Morgan fingerprint density at radius 3 is 2.42 bits per heavy atom. The Labute approximate surface area is 155 Å². The summed E-state index contributed by atoms with van der Waals surface area (Å²) in [5, 5.41) is 0.216. The molecular weight excluding hydrogens is 379 g/mol. The number of nitrogens with zero attached hydrogens (tertiary/aromatic N) is 2. The maximum absolute atomic E-state index is 14.2. The van der Waals surface area contributed by atoms with Crippen LogP contribution in [0.4, 0.5) is 14.9 Å². The molecule has 0 N–H and O–H groups in total. The van der Waals surface area contributed by atoms with Crippen LogP contribution in [-0.4, -0.2) is 42.9 Å². The fraction of sp³-hybridized carbons (Fsp3) is 0.278. The molecule has 0 aromatic heterocycles. The Morgan fingerprint density at radius 1 is 1.04 bits per heavy atom. The van der Waals surface area contributed by atoms with E-state index in [4.69, 9.17) is 11.6 Å². The lowest BCUT2D eigenvalue weighted by atomic mass is 10.1. The summed E-state index contributed by atoms with van der Waals surface area (Å²) in [6.45, 7) is -0.0651. The molecule has 0 spiro atoms. The van der Waals surface area contributed by atoms with Gasteiger partial charge in [0.15, 0.2) is 9.84 Å². The van der Waals surface area contributed by atoms with Crippen molar-refractivity contribution in [3.05, 3.63) is 64.9 Å². The van der Waals surface area contributed by atoms with Crippen LogP contribution in [0, 0.1) is 5.82 Å². The molecule has 0 bridgehead atoms. The zero-order valence-electron chi connectivity index (χ0n) is 13.7. The van der Waals surface area contributed by atoms with Crippen LogP contribution in [0.15, 0.2) is 48.5 Å². The van der Waals surface area contributed by atoms with E-state index in [1.165, 1.54) is 21.9 Å². The minimum Gasteiger partial charge on any atom is -0.314 e. The van der Waals surface area contributed by atoms with Crippen LogP contribution in [0.5, 0.6) is 0 Å². The van der Waals surface area contributed by atoms with Crippen molar-refractivity contribution < 1.29 is 17.6 Å². The molecule has 2 fully saturated rings. The number of urea groups is 1. The molecule has 2 atom stereocenters. The van der Waals surface area contributed by atoms with E-state index in [0.29, 0.717) is 5.69 Å². The molecule has 2 aliphatic rings. The van der Waals surface area contributed by atoms with Crippen LogP contribution < -0.4 is 4.90 Å². The van der Waals surface area contributed by atoms with E-state index in [1.54, 1.807) is 30.3 Å². The maximum Gasteiger partial charge on any atom is 0.325 e. The van der Waals surface area contributed by atoms with Gasteiger partial charge >= 0.3 is 6.03 Å². The van der Waals surface area contributed by atoms with E-state index in [1.807, 2.05) is 6.07 Å². The predicted octanol–water partition coefficient (Wildman–Crippen LogP) is 3.09. The fourth-order valence-corrected chi connectivity index (χ4v) is 5.88. The first-order chi connectivity index (χ1) is 12.4. The second kappa shape index (κ2) is 6.25. The van der Waals surface area contributed by atoms with E-state index in [0.717, 1.165) is 0 Å². The van der Waals surface area contributed by atoms with E-state index >= 15 is 0 Å². The van der Waals surface area contributed by atoms with Crippen molar-refractivity contribution in [3.8, 4) is 0 Å². The average molecular weight is 395 g/mol. The minimum atomic E-state index is -3.28. The van der Waals surface area contributed by atoms with Crippen LogP contribution in [0.25, 0.3) is 0 Å².